The Kier molecular flexibility index (Phi) is 5.58. The van der Waals surface area contributed by atoms with Crippen LogP contribution in [0.15, 0.2) is 24.3 Å². The van der Waals surface area contributed by atoms with Crippen LogP contribution in [-0.4, -0.2) is 42.6 Å². The molecule has 0 aliphatic carbocycles. The van der Waals surface area contributed by atoms with Crippen molar-refractivity contribution in [1.29, 1.82) is 5.26 Å². The van der Waals surface area contributed by atoms with E-state index in [1.165, 1.54) is 7.11 Å². The number of nitriles is 1. The molecular weight excluding hydrogens is 296 g/mol. The number of likely N-dealkylation sites (tertiary alicyclic amines) is 1. The molecule has 0 aromatic heterocycles. The van der Waals surface area contributed by atoms with Gasteiger partial charge in [0.2, 0.25) is 0 Å². The van der Waals surface area contributed by atoms with Gasteiger partial charge in [0.15, 0.2) is 6.10 Å². The van der Waals surface area contributed by atoms with E-state index in [4.69, 9.17) is 14.7 Å². The third-order valence-corrected chi connectivity index (χ3v) is 3.90. The molecular formula is C17H20N2O4. The molecule has 1 heterocycles. The summed E-state index contributed by atoms with van der Waals surface area (Å²) in [4.78, 5) is 26.0. The van der Waals surface area contributed by atoms with Gasteiger partial charge in [-0.15, -0.1) is 0 Å². The van der Waals surface area contributed by atoms with Crippen LogP contribution >= 0.6 is 0 Å². The number of carbonyl (C=O) groups excluding carboxylic acids is 2. The van der Waals surface area contributed by atoms with Crippen LogP contribution in [0.2, 0.25) is 0 Å². The van der Waals surface area contributed by atoms with Crippen molar-refractivity contribution in [2.24, 2.45) is 0 Å². The maximum atomic E-state index is 12.6. The van der Waals surface area contributed by atoms with Crippen LogP contribution in [0.4, 0.5) is 0 Å². The van der Waals surface area contributed by atoms with Gasteiger partial charge in [0, 0.05) is 6.54 Å². The largest absolute Gasteiger partial charge is 0.481 e. The smallest absolute Gasteiger partial charge is 0.328 e. The number of nitrogens with zero attached hydrogens (tertiary/aromatic N) is 2. The van der Waals surface area contributed by atoms with E-state index in [9.17, 15) is 9.59 Å². The Hall–Kier alpha value is -2.55. The Morgan fingerprint density at radius 3 is 2.61 bits per heavy atom. The van der Waals surface area contributed by atoms with Gasteiger partial charge in [-0.25, -0.2) is 4.79 Å². The normalized spacial score (nSPS) is 18.7. The fourth-order valence-corrected chi connectivity index (χ4v) is 2.67. The number of ether oxygens (including phenoxy) is 2. The van der Waals surface area contributed by atoms with Crippen molar-refractivity contribution < 1.29 is 19.1 Å². The summed E-state index contributed by atoms with van der Waals surface area (Å²) >= 11 is 0. The first-order chi connectivity index (χ1) is 11.1. The van der Waals surface area contributed by atoms with E-state index < -0.39 is 12.1 Å². The van der Waals surface area contributed by atoms with Gasteiger partial charge in [0.05, 0.1) is 18.7 Å². The van der Waals surface area contributed by atoms with Crippen LogP contribution in [-0.2, 0) is 14.3 Å². The average Bonchev–Trinajstić information content (AvgIpc) is 2.61. The Morgan fingerprint density at radius 2 is 2.00 bits per heavy atom. The molecule has 1 amide bonds. The Labute approximate surface area is 135 Å². The summed E-state index contributed by atoms with van der Waals surface area (Å²) in [5.41, 5.74) is 0.526. The molecule has 2 atom stereocenters. The summed E-state index contributed by atoms with van der Waals surface area (Å²) in [5, 5.41) is 8.78. The Morgan fingerprint density at radius 1 is 1.30 bits per heavy atom. The molecule has 1 fully saturated rings. The number of amides is 1. The molecule has 0 bridgehead atoms. The molecule has 1 aromatic rings. The molecule has 6 heteroatoms. The quantitative estimate of drug-likeness (QED) is 0.792. The minimum Gasteiger partial charge on any atom is -0.481 e. The van der Waals surface area contributed by atoms with Crippen molar-refractivity contribution >= 4 is 11.9 Å². The van der Waals surface area contributed by atoms with Crippen molar-refractivity contribution in [3.05, 3.63) is 29.8 Å². The molecule has 1 aliphatic heterocycles. The highest BCUT2D eigenvalue weighted by molar-refractivity contribution is 5.87. The van der Waals surface area contributed by atoms with Gasteiger partial charge in [-0.05, 0) is 50.5 Å². The van der Waals surface area contributed by atoms with Gasteiger partial charge < -0.3 is 14.4 Å². The second-order valence-electron chi connectivity index (χ2n) is 5.46. The molecule has 0 N–H and O–H groups in total. The van der Waals surface area contributed by atoms with E-state index in [1.807, 2.05) is 6.07 Å². The molecule has 0 radical (unpaired) electrons. The second kappa shape index (κ2) is 7.63. The summed E-state index contributed by atoms with van der Waals surface area (Å²) in [6.45, 7) is 2.18. The highest BCUT2D eigenvalue weighted by Crippen LogP contribution is 2.21. The molecule has 1 aliphatic rings. The zero-order chi connectivity index (χ0) is 16.8. The summed E-state index contributed by atoms with van der Waals surface area (Å²) in [6.07, 6.45) is 1.66. The van der Waals surface area contributed by atoms with Gasteiger partial charge in [0.1, 0.15) is 11.8 Å². The molecule has 23 heavy (non-hydrogen) atoms. The SMILES string of the molecule is COC(=O)C1CCCCN1C(=O)C(C)Oc1ccc(C#N)cc1. The maximum absolute atomic E-state index is 12.6. The monoisotopic (exact) mass is 316 g/mol. The number of benzene rings is 1. The van der Waals surface area contributed by atoms with E-state index in [-0.39, 0.29) is 11.9 Å². The van der Waals surface area contributed by atoms with E-state index in [1.54, 1.807) is 36.1 Å². The summed E-state index contributed by atoms with van der Waals surface area (Å²) in [6, 6.07) is 8.05. The zero-order valence-corrected chi connectivity index (χ0v) is 13.3. The van der Waals surface area contributed by atoms with Gasteiger partial charge in [0.25, 0.3) is 5.91 Å². The van der Waals surface area contributed by atoms with Gasteiger partial charge in [-0.2, -0.15) is 5.26 Å². The Bertz CT molecular complexity index is 606. The second-order valence-corrected chi connectivity index (χ2v) is 5.46. The first kappa shape index (κ1) is 16.8. The highest BCUT2D eigenvalue weighted by atomic mass is 16.5. The van der Waals surface area contributed by atoms with Crippen LogP contribution in [0.5, 0.6) is 5.75 Å². The number of hydrogen-bond acceptors (Lipinski definition) is 5. The van der Waals surface area contributed by atoms with Crippen LogP contribution in [0, 0.1) is 11.3 Å². The number of hydrogen-bond donors (Lipinski definition) is 0. The molecule has 0 spiro atoms. The number of esters is 1. The van der Waals surface area contributed by atoms with Gasteiger partial charge in [-0.1, -0.05) is 0 Å². The first-order valence-corrected chi connectivity index (χ1v) is 7.62. The van der Waals surface area contributed by atoms with Crippen LogP contribution in [0.1, 0.15) is 31.7 Å². The van der Waals surface area contributed by atoms with E-state index in [0.29, 0.717) is 24.3 Å². The first-order valence-electron chi connectivity index (χ1n) is 7.62. The molecule has 2 unspecified atom stereocenters. The van der Waals surface area contributed by atoms with E-state index >= 15 is 0 Å². The fourth-order valence-electron chi connectivity index (χ4n) is 2.67. The van der Waals surface area contributed by atoms with Crippen molar-refractivity contribution in [1.82, 2.24) is 4.90 Å². The Balaban J connectivity index is 2.04. The van der Waals surface area contributed by atoms with Crippen LogP contribution in [0.25, 0.3) is 0 Å². The number of methoxy groups -OCH3 is 1. The summed E-state index contributed by atoms with van der Waals surface area (Å²) < 4.78 is 10.4. The predicted molar refractivity (Wildman–Crippen MR) is 82.6 cm³/mol. The lowest BCUT2D eigenvalue weighted by atomic mass is 10.0. The summed E-state index contributed by atoms with van der Waals surface area (Å²) in [5.74, 6) is -0.107. The zero-order valence-electron chi connectivity index (χ0n) is 13.3. The van der Waals surface area contributed by atoms with Crippen molar-refractivity contribution in [3.8, 4) is 11.8 Å². The number of rotatable bonds is 4. The predicted octanol–water partition coefficient (Wildman–Crippen LogP) is 1.88. The fraction of sp³-hybridized carbons (Fsp3) is 0.471. The van der Waals surface area contributed by atoms with Crippen molar-refractivity contribution in [3.63, 3.8) is 0 Å². The minimum absolute atomic E-state index is 0.232. The summed E-state index contributed by atoms with van der Waals surface area (Å²) in [7, 11) is 1.33. The third-order valence-electron chi connectivity index (χ3n) is 3.90. The lowest BCUT2D eigenvalue weighted by Gasteiger charge is -2.35. The lowest BCUT2D eigenvalue weighted by molar-refractivity contribution is -0.157. The number of piperidine rings is 1. The van der Waals surface area contributed by atoms with Crippen molar-refractivity contribution in [2.45, 2.75) is 38.3 Å². The average molecular weight is 316 g/mol. The van der Waals surface area contributed by atoms with Gasteiger partial charge >= 0.3 is 5.97 Å². The van der Waals surface area contributed by atoms with Crippen molar-refractivity contribution in [2.75, 3.05) is 13.7 Å². The topological polar surface area (TPSA) is 79.6 Å². The minimum atomic E-state index is -0.715. The lowest BCUT2D eigenvalue weighted by Crippen LogP contribution is -2.52. The van der Waals surface area contributed by atoms with Gasteiger partial charge in [-0.3, -0.25) is 4.79 Å². The number of carbonyl (C=O) groups is 2. The maximum Gasteiger partial charge on any atom is 0.328 e. The molecule has 1 aromatic carbocycles. The highest BCUT2D eigenvalue weighted by Gasteiger charge is 2.35. The van der Waals surface area contributed by atoms with Crippen LogP contribution < -0.4 is 4.74 Å². The standard InChI is InChI=1S/C17H20N2O4/c1-12(23-14-8-6-13(11-18)7-9-14)16(20)19-10-4-3-5-15(19)17(21)22-2/h6-9,12,15H,3-5,10H2,1-2H3. The van der Waals surface area contributed by atoms with Crippen LogP contribution in [0.3, 0.4) is 0 Å². The third kappa shape index (κ3) is 4.01. The van der Waals surface area contributed by atoms with E-state index in [2.05, 4.69) is 0 Å². The molecule has 1 saturated heterocycles. The van der Waals surface area contributed by atoms with E-state index in [0.717, 1.165) is 12.8 Å². The molecule has 6 nitrogen and oxygen atoms in total. The molecule has 0 saturated carbocycles. The molecule has 122 valence electrons. The molecule has 2 rings (SSSR count).